The van der Waals surface area contributed by atoms with E-state index >= 15 is 0 Å². The lowest BCUT2D eigenvalue weighted by Crippen LogP contribution is -2.29. The van der Waals surface area contributed by atoms with Crippen LogP contribution in [0.15, 0.2) is 60.8 Å². The number of pyridine rings is 1. The summed E-state index contributed by atoms with van der Waals surface area (Å²) in [6, 6.07) is 15.2. The third kappa shape index (κ3) is 2.62. The van der Waals surface area contributed by atoms with Crippen molar-refractivity contribution in [2.75, 3.05) is 0 Å². The molecule has 2 aromatic carbocycles. The van der Waals surface area contributed by atoms with Gasteiger partial charge in [0.2, 0.25) is 0 Å². The highest BCUT2D eigenvalue weighted by Crippen LogP contribution is 2.32. The standard InChI is InChI=1S/C22H15FN4O2/c1-13-18-19-17(21(28)26(22(19)29)12-14-5-3-2-4-6-14)11-24-20(18)27(25-13)16-9-7-15(23)8-10-16/h2-11H,12H2,1H3. The highest BCUT2D eigenvalue weighted by molar-refractivity contribution is 6.26. The van der Waals surface area contributed by atoms with Gasteiger partial charge in [0.15, 0.2) is 5.65 Å². The van der Waals surface area contributed by atoms with E-state index in [-0.39, 0.29) is 29.7 Å². The van der Waals surface area contributed by atoms with Crippen molar-refractivity contribution < 1.29 is 14.0 Å². The Labute approximate surface area is 165 Å². The first-order chi connectivity index (χ1) is 14.0. The first kappa shape index (κ1) is 17.2. The second-order valence-corrected chi connectivity index (χ2v) is 6.90. The van der Waals surface area contributed by atoms with Gasteiger partial charge in [-0.15, -0.1) is 0 Å². The molecule has 2 aromatic heterocycles. The Bertz CT molecular complexity index is 1280. The molecule has 0 bridgehead atoms. The molecular formula is C22H15FN4O2. The fourth-order valence-electron chi connectivity index (χ4n) is 3.68. The minimum atomic E-state index is -0.364. The van der Waals surface area contributed by atoms with E-state index in [1.807, 2.05) is 30.3 Å². The fraction of sp³-hybridized carbons (Fsp3) is 0.0909. The largest absolute Gasteiger partial charge is 0.270 e. The van der Waals surface area contributed by atoms with E-state index < -0.39 is 0 Å². The molecule has 3 heterocycles. The molecule has 29 heavy (non-hydrogen) atoms. The molecule has 6 nitrogen and oxygen atoms in total. The molecule has 0 atom stereocenters. The van der Waals surface area contributed by atoms with Crippen LogP contribution in [0.25, 0.3) is 16.7 Å². The molecule has 0 fully saturated rings. The zero-order valence-electron chi connectivity index (χ0n) is 15.5. The Hall–Kier alpha value is -3.87. The van der Waals surface area contributed by atoms with Crippen LogP contribution in [0.5, 0.6) is 0 Å². The van der Waals surface area contributed by atoms with Gasteiger partial charge in [-0.25, -0.2) is 14.1 Å². The lowest BCUT2D eigenvalue weighted by molar-refractivity contribution is 0.0643. The monoisotopic (exact) mass is 386 g/mol. The van der Waals surface area contributed by atoms with Crippen LogP contribution in [0, 0.1) is 12.7 Å². The van der Waals surface area contributed by atoms with Crippen molar-refractivity contribution in [3.63, 3.8) is 0 Å². The minimum Gasteiger partial charge on any atom is -0.270 e. The SMILES string of the molecule is Cc1nn(-c2ccc(F)cc2)c2ncc3c(c12)C(=O)N(Cc1ccccc1)C3=O. The van der Waals surface area contributed by atoms with Crippen LogP contribution in [-0.4, -0.2) is 31.5 Å². The molecule has 0 unspecified atom stereocenters. The second-order valence-electron chi connectivity index (χ2n) is 6.90. The molecule has 4 aromatic rings. The topological polar surface area (TPSA) is 68.1 Å². The van der Waals surface area contributed by atoms with E-state index in [4.69, 9.17) is 0 Å². The second kappa shape index (κ2) is 6.34. The van der Waals surface area contributed by atoms with Crippen molar-refractivity contribution in [2.45, 2.75) is 13.5 Å². The number of imide groups is 1. The average molecular weight is 386 g/mol. The average Bonchev–Trinajstić information content (AvgIpc) is 3.19. The van der Waals surface area contributed by atoms with Gasteiger partial charge in [0.05, 0.1) is 34.4 Å². The molecule has 2 amide bonds. The van der Waals surface area contributed by atoms with Gasteiger partial charge in [-0.2, -0.15) is 5.10 Å². The number of carbonyl (C=O) groups excluding carboxylic acids is 2. The molecule has 0 spiro atoms. The summed E-state index contributed by atoms with van der Waals surface area (Å²) in [5, 5.41) is 5.03. The van der Waals surface area contributed by atoms with Gasteiger partial charge in [0.25, 0.3) is 11.8 Å². The summed E-state index contributed by atoms with van der Waals surface area (Å²) in [7, 11) is 0. The number of fused-ring (bicyclic) bond motifs is 3. The lowest BCUT2D eigenvalue weighted by atomic mass is 10.1. The van der Waals surface area contributed by atoms with E-state index in [1.165, 1.54) is 23.2 Å². The number of halogens is 1. The first-order valence-electron chi connectivity index (χ1n) is 9.09. The van der Waals surface area contributed by atoms with Gasteiger partial charge < -0.3 is 0 Å². The van der Waals surface area contributed by atoms with Crippen molar-refractivity contribution in [1.82, 2.24) is 19.7 Å². The van der Waals surface area contributed by atoms with Gasteiger partial charge in [-0.1, -0.05) is 30.3 Å². The number of amides is 2. The van der Waals surface area contributed by atoms with Crippen LogP contribution in [0.1, 0.15) is 32.0 Å². The molecule has 5 rings (SSSR count). The van der Waals surface area contributed by atoms with Gasteiger partial charge in [-0.05, 0) is 36.8 Å². The number of hydrogen-bond donors (Lipinski definition) is 0. The van der Waals surface area contributed by atoms with Crippen LogP contribution >= 0.6 is 0 Å². The first-order valence-corrected chi connectivity index (χ1v) is 9.09. The van der Waals surface area contributed by atoms with E-state index in [1.54, 1.807) is 23.7 Å². The Morgan fingerprint density at radius 3 is 2.41 bits per heavy atom. The molecule has 0 saturated heterocycles. The predicted octanol–water partition coefficient (Wildman–Crippen LogP) is 3.66. The van der Waals surface area contributed by atoms with Crippen LogP contribution in [-0.2, 0) is 6.54 Å². The normalized spacial score (nSPS) is 13.4. The summed E-state index contributed by atoms with van der Waals surface area (Å²) in [6.45, 7) is 1.96. The van der Waals surface area contributed by atoms with E-state index in [0.717, 1.165) is 5.56 Å². The third-order valence-corrected chi connectivity index (χ3v) is 5.06. The molecule has 7 heteroatoms. The van der Waals surface area contributed by atoms with Crippen LogP contribution < -0.4 is 0 Å². The molecule has 0 N–H and O–H groups in total. The number of rotatable bonds is 3. The minimum absolute atomic E-state index is 0.194. The number of nitrogens with zero attached hydrogens (tertiary/aromatic N) is 4. The summed E-state index contributed by atoms with van der Waals surface area (Å²) < 4.78 is 14.8. The van der Waals surface area contributed by atoms with Crippen molar-refractivity contribution >= 4 is 22.8 Å². The molecule has 0 saturated carbocycles. The summed E-state index contributed by atoms with van der Waals surface area (Å²) in [6.07, 6.45) is 1.42. The number of benzene rings is 2. The number of hydrogen-bond acceptors (Lipinski definition) is 4. The highest BCUT2D eigenvalue weighted by atomic mass is 19.1. The quantitative estimate of drug-likeness (QED) is 0.504. The summed E-state index contributed by atoms with van der Waals surface area (Å²) in [4.78, 5) is 31.7. The maximum atomic E-state index is 13.3. The van der Waals surface area contributed by atoms with Gasteiger partial charge in [0, 0.05) is 6.20 Å². The number of aromatic nitrogens is 3. The predicted molar refractivity (Wildman–Crippen MR) is 104 cm³/mol. The van der Waals surface area contributed by atoms with Gasteiger partial charge >= 0.3 is 0 Å². The van der Waals surface area contributed by atoms with E-state index in [0.29, 0.717) is 28.0 Å². The van der Waals surface area contributed by atoms with Crippen molar-refractivity contribution in [2.24, 2.45) is 0 Å². The smallest absolute Gasteiger partial charge is 0.263 e. The lowest BCUT2D eigenvalue weighted by Gasteiger charge is -2.13. The van der Waals surface area contributed by atoms with Crippen LogP contribution in [0.3, 0.4) is 0 Å². The molecule has 1 aliphatic heterocycles. The number of aryl methyl sites for hydroxylation is 1. The van der Waals surface area contributed by atoms with Gasteiger partial charge in [-0.3, -0.25) is 14.5 Å². The molecule has 0 radical (unpaired) electrons. The van der Waals surface area contributed by atoms with Gasteiger partial charge in [0.1, 0.15) is 5.82 Å². The Kier molecular flexibility index (Phi) is 3.77. The maximum Gasteiger partial charge on any atom is 0.263 e. The van der Waals surface area contributed by atoms with Crippen LogP contribution in [0.2, 0.25) is 0 Å². The fourth-order valence-corrected chi connectivity index (χ4v) is 3.68. The van der Waals surface area contributed by atoms with Crippen molar-refractivity contribution in [3.05, 3.63) is 89.0 Å². The van der Waals surface area contributed by atoms with E-state index in [9.17, 15) is 14.0 Å². The molecule has 0 aliphatic carbocycles. The third-order valence-electron chi connectivity index (χ3n) is 5.06. The zero-order chi connectivity index (χ0) is 20.1. The Balaban J connectivity index is 1.64. The molecule has 142 valence electrons. The zero-order valence-corrected chi connectivity index (χ0v) is 15.5. The van der Waals surface area contributed by atoms with Crippen molar-refractivity contribution in [1.29, 1.82) is 0 Å². The summed E-state index contributed by atoms with van der Waals surface area (Å²) >= 11 is 0. The Morgan fingerprint density at radius 2 is 1.69 bits per heavy atom. The summed E-state index contributed by atoms with van der Waals surface area (Å²) in [5.74, 6) is -1.08. The highest BCUT2D eigenvalue weighted by Gasteiger charge is 2.38. The van der Waals surface area contributed by atoms with Crippen molar-refractivity contribution in [3.8, 4) is 5.69 Å². The number of carbonyl (C=O) groups is 2. The Morgan fingerprint density at radius 1 is 0.966 bits per heavy atom. The maximum absolute atomic E-state index is 13.3. The molecule has 1 aliphatic rings. The van der Waals surface area contributed by atoms with Crippen LogP contribution in [0.4, 0.5) is 4.39 Å². The van der Waals surface area contributed by atoms with E-state index in [2.05, 4.69) is 10.1 Å². The molecular weight excluding hydrogens is 371 g/mol. The summed E-state index contributed by atoms with van der Waals surface area (Å²) in [5.41, 5.74) is 3.12.